The lowest BCUT2D eigenvalue weighted by molar-refractivity contribution is -0.163. The van der Waals surface area contributed by atoms with Gasteiger partial charge in [0.2, 0.25) is 0 Å². The van der Waals surface area contributed by atoms with Gasteiger partial charge in [0.25, 0.3) is 0 Å². The van der Waals surface area contributed by atoms with Crippen molar-refractivity contribution in [1.82, 2.24) is 0 Å². The maximum atomic E-state index is 12.5. The smallest absolute Gasteiger partial charge is 0.309 e. The second kappa shape index (κ2) is 16.7. The monoisotopic (exact) mass is 410 g/mol. The number of carbonyl (C=O) groups excluding carboxylic acids is 2. The van der Waals surface area contributed by atoms with Crippen molar-refractivity contribution >= 4 is 11.9 Å². The first kappa shape index (κ1) is 26.0. The van der Waals surface area contributed by atoms with Crippen LogP contribution in [0.5, 0.6) is 0 Å². The van der Waals surface area contributed by atoms with E-state index in [4.69, 9.17) is 9.47 Å². The topological polar surface area (TPSA) is 52.6 Å². The number of unbranched alkanes of at least 4 members (excludes halogenated alkanes) is 8. The molecule has 4 nitrogen and oxygen atoms in total. The summed E-state index contributed by atoms with van der Waals surface area (Å²) in [6.45, 7) is 7.50. The highest BCUT2D eigenvalue weighted by atomic mass is 16.5. The highest BCUT2D eigenvalue weighted by molar-refractivity contribution is 5.82. The van der Waals surface area contributed by atoms with Crippen molar-refractivity contribution in [2.75, 3.05) is 13.2 Å². The summed E-state index contributed by atoms with van der Waals surface area (Å²) < 4.78 is 10.8. The average Bonchev–Trinajstić information content (AvgIpc) is 2.72. The maximum absolute atomic E-state index is 12.5. The van der Waals surface area contributed by atoms with Gasteiger partial charge in [0.05, 0.1) is 25.0 Å². The Hall–Kier alpha value is -1.06. The fourth-order valence-corrected chi connectivity index (χ4v) is 4.18. The zero-order valence-corrected chi connectivity index (χ0v) is 19.4. The van der Waals surface area contributed by atoms with Crippen LogP contribution in [-0.4, -0.2) is 25.2 Å². The highest BCUT2D eigenvalue weighted by Crippen LogP contribution is 2.32. The molecule has 0 N–H and O–H groups in total. The molecule has 2 unspecified atom stereocenters. The normalized spacial score (nSPS) is 19.3. The van der Waals surface area contributed by atoms with E-state index in [0.717, 1.165) is 50.9 Å². The van der Waals surface area contributed by atoms with Crippen LogP contribution in [0.15, 0.2) is 0 Å². The minimum Gasteiger partial charge on any atom is -0.465 e. The van der Waals surface area contributed by atoms with E-state index in [9.17, 15) is 9.59 Å². The van der Waals surface area contributed by atoms with E-state index in [0.29, 0.717) is 13.2 Å². The Bertz CT molecular complexity index is 433. The first-order chi connectivity index (χ1) is 14.1. The molecule has 1 aliphatic carbocycles. The molecular weight excluding hydrogens is 364 g/mol. The Labute approximate surface area is 179 Å². The van der Waals surface area contributed by atoms with E-state index < -0.39 is 0 Å². The third kappa shape index (κ3) is 12.3. The molecule has 170 valence electrons. The average molecular weight is 411 g/mol. The van der Waals surface area contributed by atoms with E-state index in [1.54, 1.807) is 0 Å². The summed E-state index contributed by atoms with van der Waals surface area (Å²) in [5.41, 5.74) is 0. The van der Waals surface area contributed by atoms with Gasteiger partial charge in [-0.3, -0.25) is 9.59 Å². The van der Waals surface area contributed by atoms with Crippen LogP contribution < -0.4 is 0 Å². The van der Waals surface area contributed by atoms with E-state index in [1.165, 1.54) is 51.4 Å². The SMILES string of the molecule is CCCOC(=O)C1CCCCC1C(=O)OCCCCCCCCCCCC(C)C. The van der Waals surface area contributed by atoms with E-state index >= 15 is 0 Å². The lowest BCUT2D eigenvalue weighted by atomic mass is 9.79. The van der Waals surface area contributed by atoms with E-state index in [1.807, 2.05) is 6.92 Å². The first-order valence-electron chi connectivity index (χ1n) is 12.4. The van der Waals surface area contributed by atoms with Crippen molar-refractivity contribution < 1.29 is 19.1 Å². The van der Waals surface area contributed by atoms with Gasteiger partial charge in [-0.2, -0.15) is 0 Å². The van der Waals surface area contributed by atoms with Gasteiger partial charge in [0.1, 0.15) is 0 Å². The Morgan fingerprint density at radius 3 is 1.66 bits per heavy atom. The van der Waals surface area contributed by atoms with Crippen LogP contribution in [0.1, 0.15) is 117 Å². The predicted molar refractivity (Wildman–Crippen MR) is 119 cm³/mol. The van der Waals surface area contributed by atoms with Crippen LogP contribution in [0.25, 0.3) is 0 Å². The number of hydrogen-bond acceptors (Lipinski definition) is 4. The Morgan fingerprint density at radius 1 is 0.724 bits per heavy atom. The zero-order valence-electron chi connectivity index (χ0n) is 19.4. The number of esters is 2. The summed E-state index contributed by atoms with van der Waals surface area (Å²) in [5.74, 6) is -0.169. The van der Waals surface area contributed by atoms with Crippen molar-refractivity contribution in [2.45, 2.75) is 117 Å². The van der Waals surface area contributed by atoms with Crippen LogP contribution in [-0.2, 0) is 19.1 Å². The molecule has 1 fully saturated rings. The zero-order chi connectivity index (χ0) is 21.3. The second-order valence-electron chi connectivity index (χ2n) is 9.20. The van der Waals surface area contributed by atoms with Gasteiger partial charge in [0.15, 0.2) is 0 Å². The number of carbonyl (C=O) groups is 2. The quantitative estimate of drug-likeness (QED) is 0.206. The van der Waals surface area contributed by atoms with Gasteiger partial charge in [-0.1, -0.05) is 91.4 Å². The van der Waals surface area contributed by atoms with Crippen LogP contribution in [0, 0.1) is 17.8 Å². The summed E-state index contributed by atoms with van der Waals surface area (Å²) in [5, 5.41) is 0. The molecule has 0 aromatic rings. The van der Waals surface area contributed by atoms with Gasteiger partial charge in [-0.25, -0.2) is 0 Å². The van der Waals surface area contributed by atoms with Crippen LogP contribution >= 0.6 is 0 Å². The minimum atomic E-state index is -0.302. The summed E-state index contributed by atoms with van der Waals surface area (Å²) in [4.78, 5) is 24.7. The predicted octanol–water partition coefficient (Wildman–Crippen LogP) is 6.85. The molecule has 0 aromatic heterocycles. The molecule has 2 atom stereocenters. The highest BCUT2D eigenvalue weighted by Gasteiger charge is 2.37. The second-order valence-corrected chi connectivity index (χ2v) is 9.20. The minimum absolute atomic E-state index is 0.190. The van der Waals surface area contributed by atoms with E-state index in [-0.39, 0.29) is 23.8 Å². The Balaban J connectivity index is 2.05. The summed E-state index contributed by atoms with van der Waals surface area (Å²) in [7, 11) is 0. The van der Waals surface area contributed by atoms with Crippen molar-refractivity contribution in [3.05, 3.63) is 0 Å². The van der Waals surface area contributed by atoms with Crippen LogP contribution in [0.2, 0.25) is 0 Å². The van der Waals surface area contributed by atoms with Crippen molar-refractivity contribution in [3.63, 3.8) is 0 Å². The maximum Gasteiger partial charge on any atom is 0.309 e. The molecule has 0 aliphatic heterocycles. The van der Waals surface area contributed by atoms with Crippen molar-refractivity contribution in [2.24, 2.45) is 17.8 Å². The molecule has 0 aromatic carbocycles. The molecule has 1 aliphatic rings. The third-order valence-electron chi connectivity index (χ3n) is 5.99. The van der Waals surface area contributed by atoms with Crippen LogP contribution in [0.4, 0.5) is 0 Å². The number of hydrogen-bond donors (Lipinski definition) is 0. The largest absolute Gasteiger partial charge is 0.465 e. The van der Waals surface area contributed by atoms with Gasteiger partial charge >= 0.3 is 11.9 Å². The first-order valence-corrected chi connectivity index (χ1v) is 12.4. The number of ether oxygens (including phenoxy) is 2. The molecule has 0 heterocycles. The van der Waals surface area contributed by atoms with Crippen LogP contribution in [0.3, 0.4) is 0 Å². The summed E-state index contributed by atoms with van der Waals surface area (Å²) >= 11 is 0. The van der Waals surface area contributed by atoms with Crippen molar-refractivity contribution in [1.29, 1.82) is 0 Å². The molecule has 0 spiro atoms. The fraction of sp³-hybridized carbons (Fsp3) is 0.920. The lowest BCUT2D eigenvalue weighted by Crippen LogP contribution is -2.35. The Kier molecular flexibility index (Phi) is 15.0. The summed E-state index contributed by atoms with van der Waals surface area (Å²) in [6.07, 6.45) is 17.0. The third-order valence-corrected chi connectivity index (χ3v) is 5.99. The molecular formula is C25H46O4. The molecule has 29 heavy (non-hydrogen) atoms. The molecule has 0 bridgehead atoms. The van der Waals surface area contributed by atoms with Gasteiger partial charge in [-0.05, 0) is 31.6 Å². The molecule has 1 saturated carbocycles. The Morgan fingerprint density at radius 2 is 1.17 bits per heavy atom. The molecule has 0 amide bonds. The summed E-state index contributed by atoms with van der Waals surface area (Å²) in [6, 6.07) is 0. The fourth-order valence-electron chi connectivity index (χ4n) is 4.18. The number of rotatable bonds is 16. The van der Waals surface area contributed by atoms with Gasteiger partial charge < -0.3 is 9.47 Å². The molecule has 4 heteroatoms. The molecule has 0 saturated heterocycles. The van der Waals surface area contributed by atoms with Gasteiger partial charge in [-0.15, -0.1) is 0 Å². The van der Waals surface area contributed by atoms with E-state index in [2.05, 4.69) is 13.8 Å². The van der Waals surface area contributed by atoms with Gasteiger partial charge in [0, 0.05) is 0 Å². The van der Waals surface area contributed by atoms with Crippen molar-refractivity contribution in [3.8, 4) is 0 Å². The standard InChI is InChI=1S/C25H46O4/c1-4-19-28-24(26)22-17-13-14-18-23(22)25(27)29-20-15-11-9-7-5-6-8-10-12-16-21(2)3/h21-23H,4-20H2,1-3H3. The lowest BCUT2D eigenvalue weighted by Gasteiger charge is -2.28. The molecule has 1 rings (SSSR count). The molecule has 0 radical (unpaired) electrons.